The number of anilines is 1. The van der Waals surface area contributed by atoms with E-state index in [0.29, 0.717) is 68.0 Å². The van der Waals surface area contributed by atoms with E-state index in [1.807, 2.05) is 37.1 Å². The number of ether oxygens (including phenoxy) is 1. The zero-order chi connectivity index (χ0) is 24.7. The van der Waals surface area contributed by atoms with Gasteiger partial charge in [-0.1, -0.05) is 11.6 Å². The normalized spacial score (nSPS) is 19.9. The van der Waals surface area contributed by atoms with Crippen LogP contribution in [-0.2, 0) is 0 Å². The van der Waals surface area contributed by atoms with Crippen LogP contribution in [0.25, 0.3) is 0 Å². The van der Waals surface area contributed by atoms with Gasteiger partial charge < -0.3 is 19.4 Å². The maximum Gasteiger partial charge on any atom is 0.293 e. The number of ketones is 1. The lowest BCUT2D eigenvalue weighted by atomic mass is 9.82. The zero-order valence-electron chi connectivity index (χ0n) is 20.2. The molecule has 9 heteroatoms. The molecule has 0 bridgehead atoms. The van der Waals surface area contributed by atoms with Crippen molar-refractivity contribution in [2.24, 2.45) is 0 Å². The number of likely N-dealkylation sites (tertiary alicyclic amines) is 1. The number of nitrogens with zero attached hydrogens (tertiary/aromatic N) is 4. The maximum atomic E-state index is 13.3. The molecule has 2 aromatic carbocycles. The standard InChI is InChI=1S/C26H30N4O5/c1-18-3-6-24-20(15-18)23(31)17-26(35-24)7-9-29(10-8-26)25(32)19-4-5-21(22(16-19)30(33)34)28-13-11-27(2)12-14-28/h3-6,15-16H,7-14,17H2,1-2H3. The van der Waals surface area contributed by atoms with E-state index in [4.69, 9.17) is 4.74 Å². The predicted molar refractivity (Wildman–Crippen MR) is 131 cm³/mol. The molecule has 0 radical (unpaired) electrons. The van der Waals surface area contributed by atoms with E-state index >= 15 is 0 Å². The number of amides is 1. The van der Waals surface area contributed by atoms with E-state index in [9.17, 15) is 19.7 Å². The van der Waals surface area contributed by atoms with Gasteiger partial charge in [0.1, 0.15) is 17.0 Å². The van der Waals surface area contributed by atoms with Crippen LogP contribution >= 0.6 is 0 Å². The van der Waals surface area contributed by atoms with E-state index in [2.05, 4.69) is 4.90 Å². The van der Waals surface area contributed by atoms with Crippen LogP contribution in [0.5, 0.6) is 5.75 Å². The molecule has 9 nitrogen and oxygen atoms in total. The summed E-state index contributed by atoms with van der Waals surface area (Å²) in [5, 5.41) is 11.8. The number of rotatable bonds is 3. The molecule has 2 fully saturated rings. The summed E-state index contributed by atoms with van der Waals surface area (Å²) in [6.07, 6.45) is 1.38. The van der Waals surface area contributed by atoms with Crippen molar-refractivity contribution in [3.8, 4) is 5.75 Å². The topological polar surface area (TPSA) is 96.2 Å². The van der Waals surface area contributed by atoms with Gasteiger partial charge in [0.15, 0.2) is 5.78 Å². The van der Waals surface area contributed by atoms with E-state index in [-0.39, 0.29) is 17.4 Å². The van der Waals surface area contributed by atoms with Gasteiger partial charge in [-0.25, -0.2) is 0 Å². The number of likely N-dealkylation sites (N-methyl/N-ethyl adjacent to an activating group) is 1. The van der Waals surface area contributed by atoms with Gasteiger partial charge in [-0.05, 0) is 38.2 Å². The number of nitro benzene ring substituents is 1. The second-order valence-corrected chi connectivity index (χ2v) is 9.93. The molecule has 0 saturated carbocycles. The van der Waals surface area contributed by atoms with Crippen molar-refractivity contribution in [1.29, 1.82) is 0 Å². The number of carbonyl (C=O) groups excluding carboxylic acids is 2. The maximum absolute atomic E-state index is 13.3. The van der Waals surface area contributed by atoms with Crippen LogP contribution < -0.4 is 9.64 Å². The first kappa shape index (κ1) is 23.3. The molecule has 5 rings (SSSR count). The van der Waals surface area contributed by atoms with Gasteiger partial charge in [-0.2, -0.15) is 0 Å². The summed E-state index contributed by atoms with van der Waals surface area (Å²) in [6, 6.07) is 10.4. The van der Waals surface area contributed by atoms with Crippen molar-refractivity contribution >= 4 is 23.1 Å². The summed E-state index contributed by atoms with van der Waals surface area (Å²) >= 11 is 0. The number of nitro groups is 1. The number of benzene rings is 2. The molecule has 0 N–H and O–H groups in total. The van der Waals surface area contributed by atoms with Gasteiger partial charge >= 0.3 is 0 Å². The summed E-state index contributed by atoms with van der Waals surface area (Å²) < 4.78 is 6.30. The van der Waals surface area contributed by atoms with Crippen LogP contribution in [-0.4, -0.2) is 78.3 Å². The Morgan fingerprint density at radius 2 is 1.74 bits per heavy atom. The first-order valence-electron chi connectivity index (χ1n) is 12.1. The number of piperidine rings is 1. The number of aryl methyl sites for hydroxylation is 1. The first-order chi connectivity index (χ1) is 16.7. The highest BCUT2D eigenvalue weighted by atomic mass is 16.6. The molecule has 0 aromatic heterocycles. The van der Waals surface area contributed by atoms with Crippen LogP contribution in [0, 0.1) is 17.0 Å². The number of Topliss-reactive ketones (excluding diaryl/α,β-unsaturated/α-hetero) is 1. The summed E-state index contributed by atoms with van der Waals surface area (Å²) in [5.41, 5.74) is 1.87. The van der Waals surface area contributed by atoms with E-state index in [1.165, 1.54) is 6.07 Å². The van der Waals surface area contributed by atoms with E-state index in [0.717, 1.165) is 18.7 Å². The van der Waals surface area contributed by atoms with Crippen LogP contribution in [0.15, 0.2) is 36.4 Å². The lowest BCUT2D eigenvalue weighted by molar-refractivity contribution is -0.384. The Balaban J connectivity index is 1.30. The molecular weight excluding hydrogens is 448 g/mol. The highest BCUT2D eigenvalue weighted by Crippen LogP contribution is 2.40. The predicted octanol–water partition coefficient (Wildman–Crippen LogP) is 3.30. The molecule has 2 saturated heterocycles. The third kappa shape index (κ3) is 4.48. The second-order valence-electron chi connectivity index (χ2n) is 9.93. The fourth-order valence-electron chi connectivity index (χ4n) is 5.30. The third-order valence-electron chi connectivity index (χ3n) is 7.47. The molecule has 2 aromatic rings. The third-order valence-corrected chi connectivity index (χ3v) is 7.47. The van der Waals surface area contributed by atoms with Crippen molar-refractivity contribution in [3.63, 3.8) is 0 Å². The van der Waals surface area contributed by atoms with Gasteiger partial charge in [0.05, 0.1) is 16.9 Å². The van der Waals surface area contributed by atoms with Crippen molar-refractivity contribution in [2.45, 2.75) is 31.8 Å². The van der Waals surface area contributed by atoms with Crippen molar-refractivity contribution < 1.29 is 19.2 Å². The number of piperazine rings is 1. The van der Waals surface area contributed by atoms with Crippen LogP contribution in [0.1, 0.15) is 45.5 Å². The fourth-order valence-corrected chi connectivity index (χ4v) is 5.30. The Morgan fingerprint density at radius 1 is 1.03 bits per heavy atom. The average molecular weight is 479 g/mol. The van der Waals surface area contributed by atoms with Crippen molar-refractivity contribution in [3.05, 3.63) is 63.2 Å². The summed E-state index contributed by atoms with van der Waals surface area (Å²) in [5.74, 6) is 0.456. The van der Waals surface area contributed by atoms with Crippen LogP contribution in [0.4, 0.5) is 11.4 Å². The second kappa shape index (κ2) is 8.96. The minimum atomic E-state index is -0.604. The number of hydrogen-bond donors (Lipinski definition) is 0. The molecule has 3 aliphatic heterocycles. The Bertz CT molecular complexity index is 1180. The molecule has 0 aliphatic carbocycles. The summed E-state index contributed by atoms with van der Waals surface area (Å²) in [4.78, 5) is 43.4. The van der Waals surface area contributed by atoms with E-state index < -0.39 is 10.5 Å². The average Bonchev–Trinajstić information content (AvgIpc) is 2.85. The number of carbonyl (C=O) groups is 2. The number of fused-ring (bicyclic) bond motifs is 1. The molecule has 3 heterocycles. The molecular formula is C26H30N4O5. The molecule has 0 atom stereocenters. The molecule has 35 heavy (non-hydrogen) atoms. The smallest absolute Gasteiger partial charge is 0.293 e. The minimum absolute atomic E-state index is 0.0398. The Labute approximate surface area is 204 Å². The van der Waals surface area contributed by atoms with E-state index in [1.54, 1.807) is 17.0 Å². The Hall–Kier alpha value is -3.46. The Kier molecular flexibility index (Phi) is 5.96. The minimum Gasteiger partial charge on any atom is -0.486 e. The monoisotopic (exact) mass is 478 g/mol. The van der Waals surface area contributed by atoms with Gasteiger partial charge in [0.25, 0.3) is 11.6 Å². The fraction of sp³-hybridized carbons (Fsp3) is 0.462. The molecule has 184 valence electrons. The van der Waals surface area contributed by atoms with Crippen LogP contribution in [0.2, 0.25) is 0 Å². The zero-order valence-corrected chi connectivity index (χ0v) is 20.2. The largest absolute Gasteiger partial charge is 0.486 e. The number of hydrogen-bond acceptors (Lipinski definition) is 7. The van der Waals surface area contributed by atoms with Gasteiger partial charge in [-0.3, -0.25) is 19.7 Å². The van der Waals surface area contributed by atoms with Crippen LogP contribution in [0.3, 0.4) is 0 Å². The Morgan fingerprint density at radius 3 is 2.43 bits per heavy atom. The lowest BCUT2D eigenvalue weighted by Crippen LogP contribution is -2.52. The highest BCUT2D eigenvalue weighted by Gasteiger charge is 2.44. The molecule has 1 amide bonds. The van der Waals surface area contributed by atoms with Crippen molar-refractivity contribution in [1.82, 2.24) is 9.80 Å². The first-order valence-corrected chi connectivity index (χ1v) is 12.1. The molecule has 0 unspecified atom stereocenters. The SMILES string of the molecule is Cc1ccc2c(c1)C(=O)CC1(CCN(C(=O)c3ccc(N4CCN(C)CC4)c([N+](=O)[O-])c3)CC1)O2. The van der Waals surface area contributed by atoms with Crippen molar-refractivity contribution in [2.75, 3.05) is 51.2 Å². The summed E-state index contributed by atoms with van der Waals surface area (Å²) in [6.45, 7) is 5.90. The highest BCUT2D eigenvalue weighted by molar-refractivity contribution is 6.00. The van der Waals surface area contributed by atoms with Gasteiger partial charge in [0, 0.05) is 63.7 Å². The molecule has 1 spiro atoms. The summed E-state index contributed by atoms with van der Waals surface area (Å²) in [7, 11) is 2.03. The quantitative estimate of drug-likeness (QED) is 0.493. The molecule has 3 aliphatic rings. The van der Waals surface area contributed by atoms with Gasteiger partial charge in [0.2, 0.25) is 0 Å². The lowest BCUT2D eigenvalue weighted by Gasteiger charge is -2.44. The van der Waals surface area contributed by atoms with Gasteiger partial charge in [-0.15, -0.1) is 0 Å².